The first-order chi connectivity index (χ1) is 10.2. The molecule has 3 aromatic rings. The van der Waals surface area contributed by atoms with Crippen molar-refractivity contribution >= 4 is 21.7 Å². The molecule has 2 N–H and O–H groups in total. The summed E-state index contributed by atoms with van der Waals surface area (Å²) in [6.45, 7) is 2.34. The Morgan fingerprint density at radius 2 is 2.05 bits per heavy atom. The highest BCUT2D eigenvalue weighted by Crippen LogP contribution is 2.26. The van der Waals surface area contributed by atoms with Crippen LogP contribution in [-0.4, -0.2) is 25.2 Å². The maximum Gasteiger partial charge on any atom is 0.248 e. The fraction of sp³-hybridized carbons (Fsp3) is 0.231. The summed E-state index contributed by atoms with van der Waals surface area (Å²) in [5.41, 5.74) is 7.46. The minimum Gasteiger partial charge on any atom is -0.419 e. The number of halogens is 1. The van der Waals surface area contributed by atoms with Crippen LogP contribution in [-0.2, 0) is 13.0 Å². The minimum absolute atomic E-state index is 0.352. The number of nitrogen functional groups attached to an aromatic ring is 1. The molecule has 0 saturated carbocycles. The largest absolute Gasteiger partial charge is 0.419 e. The first kappa shape index (κ1) is 13.7. The number of hydrogen-bond donors (Lipinski definition) is 1. The summed E-state index contributed by atoms with van der Waals surface area (Å²) >= 11 is 3.46. The Hall–Kier alpha value is -2.22. The maximum absolute atomic E-state index is 5.75. The van der Waals surface area contributed by atoms with Gasteiger partial charge in [-0.2, -0.15) is 0 Å². The first-order valence-electron chi connectivity index (χ1n) is 6.44. The molecule has 0 unspecified atom stereocenters. The van der Waals surface area contributed by atoms with E-state index in [1.807, 2.05) is 31.2 Å². The third-order valence-electron chi connectivity index (χ3n) is 3.06. The van der Waals surface area contributed by atoms with Crippen molar-refractivity contribution < 1.29 is 4.42 Å². The molecular weight excluding hydrogens is 336 g/mol. The van der Waals surface area contributed by atoms with Crippen molar-refractivity contribution in [2.24, 2.45) is 0 Å². The summed E-state index contributed by atoms with van der Waals surface area (Å²) in [7, 11) is 0. The predicted octanol–water partition coefficient (Wildman–Crippen LogP) is 2.28. The van der Waals surface area contributed by atoms with Gasteiger partial charge in [0.1, 0.15) is 6.54 Å². The van der Waals surface area contributed by atoms with Crippen molar-refractivity contribution in [3.05, 3.63) is 40.3 Å². The molecule has 0 atom stereocenters. The van der Waals surface area contributed by atoms with Crippen LogP contribution in [0.15, 0.2) is 33.2 Å². The van der Waals surface area contributed by atoms with E-state index >= 15 is 0 Å². The van der Waals surface area contributed by atoms with Gasteiger partial charge in [0.05, 0.1) is 11.3 Å². The molecule has 2 aromatic heterocycles. The zero-order valence-electron chi connectivity index (χ0n) is 11.3. The lowest BCUT2D eigenvalue weighted by atomic mass is 10.2. The fourth-order valence-corrected chi connectivity index (χ4v) is 2.48. The molecule has 108 valence electrons. The number of nitrogens with two attached hydrogens (primary N) is 1. The van der Waals surface area contributed by atoms with Gasteiger partial charge in [0, 0.05) is 4.47 Å². The van der Waals surface area contributed by atoms with Crippen molar-refractivity contribution in [1.29, 1.82) is 0 Å². The summed E-state index contributed by atoms with van der Waals surface area (Å²) in [6.07, 6.45) is 0.740. The Bertz CT molecular complexity index is 766. The van der Waals surface area contributed by atoms with Crippen molar-refractivity contribution in [2.75, 3.05) is 5.73 Å². The zero-order chi connectivity index (χ0) is 14.8. The van der Waals surface area contributed by atoms with E-state index in [0.717, 1.165) is 22.2 Å². The lowest BCUT2D eigenvalue weighted by Crippen LogP contribution is -2.07. The molecule has 0 aliphatic rings. The second-order valence-electron chi connectivity index (χ2n) is 4.41. The van der Waals surface area contributed by atoms with Gasteiger partial charge >= 0.3 is 0 Å². The van der Waals surface area contributed by atoms with Crippen LogP contribution >= 0.6 is 15.9 Å². The van der Waals surface area contributed by atoms with Crippen molar-refractivity contribution in [1.82, 2.24) is 25.2 Å². The van der Waals surface area contributed by atoms with Crippen LogP contribution in [0.3, 0.4) is 0 Å². The van der Waals surface area contributed by atoms with Gasteiger partial charge in [-0.15, -0.1) is 15.3 Å². The lowest BCUT2D eigenvalue weighted by molar-refractivity contribution is 0.463. The van der Waals surface area contributed by atoms with E-state index in [1.165, 1.54) is 0 Å². The summed E-state index contributed by atoms with van der Waals surface area (Å²) in [5, 5.41) is 16.0. The third kappa shape index (κ3) is 2.66. The lowest BCUT2D eigenvalue weighted by Gasteiger charge is -2.01. The quantitative estimate of drug-likeness (QED) is 0.776. The van der Waals surface area contributed by atoms with Crippen LogP contribution in [0.2, 0.25) is 0 Å². The maximum atomic E-state index is 5.75. The van der Waals surface area contributed by atoms with Crippen LogP contribution in [0.1, 0.15) is 18.5 Å². The molecule has 7 nitrogen and oxygen atoms in total. The topological polar surface area (TPSA) is 95.7 Å². The van der Waals surface area contributed by atoms with E-state index in [2.05, 4.69) is 36.4 Å². The van der Waals surface area contributed by atoms with E-state index in [0.29, 0.717) is 24.1 Å². The standard InChI is InChI=1S/C13H13BrN6O/c1-2-10-12(15)17-19-20(10)7-11-16-18-13(21-11)8-5-3-4-6-9(8)14/h3-6H,2,7,15H2,1H3. The normalized spacial score (nSPS) is 11.0. The number of hydrogen-bond acceptors (Lipinski definition) is 6. The van der Waals surface area contributed by atoms with Crippen LogP contribution in [0.5, 0.6) is 0 Å². The van der Waals surface area contributed by atoms with Gasteiger partial charge in [-0.3, -0.25) is 0 Å². The number of nitrogens with zero attached hydrogens (tertiary/aromatic N) is 5. The van der Waals surface area contributed by atoms with Gasteiger partial charge < -0.3 is 10.2 Å². The molecule has 0 fully saturated rings. The number of anilines is 1. The second-order valence-corrected chi connectivity index (χ2v) is 5.27. The van der Waals surface area contributed by atoms with Crippen molar-refractivity contribution in [3.63, 3.8) is 0 Å². The fourth-order valence-electron chi connectivity index (χ4n) is 2.03. The SMILES string of the molecule is CCc1c(N)nnn1Cc1nnc(-c2ccccc2Br)o1. The molecular formula is C13H13BrN6O. The Labute approximate surface area is 129 Å². The second kappa shape index (κ2) is 5.65. The summed E-state index contributed by atoms with van der Waals surface area (Å²) in [5.74, 6) is 1.35. The zero-order valence-corrected chi connectivity index (χ0v) is 12.9. The monoisotopic (exact) mass is 348 g/mol. The molecule has 21 heavy (non-hydrogen) atoms. The van der Waals surface area contributed by atoms with Gasteiger partial charge in [0.25, 0.3) is 0 Å². The molecule has 0 saturated heterocycles. The predicted molar refractivity (Wildman–Crippen MR) is 80.3 cm³/mol. The summed E-state index contributed by atoms with van der Waals surface area (Å²) in [4.78, 5) is 0. The van der Waals surface area contributed by atoms with Gasteiger partial charge in [-0.25, -0.2) is 4.68 Å². The van der Waals surface area contributed by atoms with Crippen LogP contribution in [0.25, 0.3) is 11.5 Å². The minimum atomic E-state index is 0.352. The highest BCUT2D eigenvalue weighted by molar-refractivity contribution is 9.10. The average Bonchev–Trinajstić information content (AvgIpc) is 3.07. The summed E-state index contributed by atoms with van der Waals surface area (Å²) < 4.78 is 8.26. The molecule has 0 spiro atoms. The molecule has 3 rings (SSSR count). The molecule has 1 aromatic carbocycles. The van der Waals surface area contributed by atoms with Gasteiger partial charge in [-0.1, -0.05) is 24.3 Å². The highest BCUT2D eigenvalue weighted by Gasteiger charge is 2.14. The Kier molecular flexibility index (Phi) is 3.70. The number of benzene rings is 1. The molecule has 0 radical (unpaired) electrons. The first-order valence-corrected chi connectivity index (χ1v) is 7.23. The molecule has 0 amide bonds. The van der Waals surface area contributed by atoms with E-state index in [9.17, 15) is 0 Å². The van der Waals surface area contributed by atoms with E-state index in [-0.39, 0.29) is 0 Å². The van der Waals surface area contributed by atoms with Crippen molar-refractivity contribution in [2.45, 2.75) is 19.9 Å². The van der Waals surface area contributed by atoms with Gasteiger partial charge in [-0.05, 0) is 34.5 Å². The molecule has 0 aliphatic carbocycles. The highest BCUT2D eigenvalue weighted by atomic mass is 79.9. The Balaban J connectivity index is 1.87. The molecule has 2 heterocycles. The number of rotatable bonds is 4. The van der Waals surface area contributed by atoms with E-state index < -0.39 is 0 Å². The molecule has 0 bridgehead atoms. The van der Waals surface area contributed by atoms with Gasteiger partial charge in [0.15, 0.2) is 5.82 Å². The van der Waals surface area contributed by atoms with Crippen LogP contribution in [0.4, 0.5) is 5.82 Å². The van der Waals surface area contributed by atoms with E-state index in [4.69, 9.17) is 10.2 Å². The Morgan fingerprint density at radius 1 is 1.24 bits per heavy atom. The van der Waals surface area contributed by atoms with Crippen LogP contribution < -0.4 is 5.73 Å². The average molecular weight is 349 g/mol. The molecule has 8 heteroatoms. The smallest absolute Gasteiger partial charge is 0.248 e. The van der Waals surface area contributed by atoms with E-state index in [1.54, 1.807) is 4.68 Å². The van der Waals surface area contributed by atoms with Crippen molar-refractivity contribution in [3.8, 4) is 11.5 Å². The molecule has 0 aliphatic heterocycles. The van der Waals surface area contributed by atoms with Gasteiger partial charge in [0.2, 0.25) is 11.8 Å². The summed E-state index contributed by atoms with van der Waals surface area (Å²) in [6, 6.07) is 7.67. The van der Waals surface area contributed by atoms with Crippen LogP contribution in [0, 0.1) is 0 Å². The number of aromatic nitrogens is 5. The third-order valence-corrected chi connectivity index (χ3v) is 3.75. The Morgan fingerprint density at radius 3 is 2.81 bits per heavy atom.